The van der Waals surface area contributed by atoms with E-state index in [1.165, 1.54) is 28.4 Å². The number of hydrogen-bond donors (Lipinski definition) is 1. The molecule has 0 radical (unpaired) electrons. The molecule has 1 atom stereocenters. The van der Waals surface area contributed by atoms with Crippen LogP contribution in [0.4, 0.5) is 0 Å². The molecule has 1 aromatic carbocycles. The third-order valence-electron chi connectivity index (χ3n) is 2.83. The van der Waals surface area contributed by atoms with Crippen LogP contribution in [-0.4, -0.2) is 6.54 Å². The lowest BCUT2D eigenvalue weighted by atomic mass is 9.98. The normalized spacial score (nSPS) is 20.3. The number of hydrogen-bond acceptors (Lipinski definition) is 1. The van der Waals surface area contributed by atoms with Gasteiger partial charge in [0.25, 0.3) is 0 Å². The Bertz CT molecular complexity index is 307. The third kappa shape index (κ3) is 1.79. The van der Waals surface area contributed by atoms with Crippen molar-refractivity contribution in [2.45, 2.75) is 25.2 Å². The number of benzene rings is 1. The molecule has 0 bridgehead atoms. The third-order valence-corrected chi connectivity index (χ3v) is 3.32. The van der Waals surface area contributed by atoms with Crippen molar-refractivity contribution in [3.63, 3.8) is 0 Å². The Morgan fingerprint density at radius 3 is 3.08 bits per heavy atom. The van der Waals surface area contributed by atoms with Gasteiger partial charge < -0.3 is 5.73 Å². The highest BCUT2D eigenvalue weighted by atomic mass is 79.9. The molecule has 1 nitrogen and oxygen atoms in total. The summed E-state index contributed by atoms with van der Waals surface area (Å²) in [6.45, 7) is 0.802. The maximum atomic E-state index is 5.59. The zero-order chi connectivity index (χ0) is 9.26. The first-order valence-corrected chi connectivity index (χ1v) is 5.59. The Hall–Kier alpha value is -0.340. The van der Waals surface area contributed by atoms with E-state index in [0.29, 0.717) is 5.92 Å². The van der Waals surface area contributed by atoms with Gasteiger partial charge in [-0.25, -0.2) is 0 Å². The van der Waals surface area contributed by atoms with Crippen LogP contribution in [-0.2, 0) is 6.42 Å². The molecule has 0 fully saturated rings. The average Bonchev–Trinajstić information content (AvgIpc) is 2.49. The van der Waals surface area contributed by atoms with E-state index < -0.39 is 0 Å². The highest BCUT2D eigenvalue weighted by molar-refractivity contribution is 9.10. The van der Waals surface area contributed by atoms with Crippen molar-refractivity contribution in [3.05, 3.63) is 33.8 Å². The Balaban J connectivity index is 2.29. The summed E-state index contributed by atoms with van der Waals surface area (Å²) in [4.78, 5) is 0. The van der Waals surface area contributed by atoms with Crippen molar-refractivity contribution in [3.8, 4) is 0 Å². The number of fused-ring (bicyclic) bond motifs is 1. The smallest absolute Gasteiger partial charge is 0.0178 e. The molecule has 1 aliphatic carbocycles. The first-order valence-electron chi connectivity index (χ1n) is 4.79. The van der Waals surface area contributed by atoms with Crippen molar-refractivity contribution in [2.75, 3.05) is 6.54 Å². The molecule has 0 amide bonds. The quantitative estimate of drug-likeness (QED) is 0.845. The van der Waals surface area contributed by atoms with Gasteiger partial charge in [0.2, 0.25) is 0 Å². The monoisotopic (exact) mass is 239 g/mol. The molecule has 0 aromatic heterocycles. The Kier molecular flexibility index (Phi) is 2.70. The molecule has 2 N–H and O–H groups in total. The average molecular weight is 240 g/mol. The largest absolute Gasteiger partial charge is 0.330 e. The van der Waals surface area contributed by atoms with Crippen LogP contribution in [0, 0.1) is 0 Å². The van der Waals surface area contributed by atoms with Crippen LogP contribution in [0.5, 0.6) is 0 Å². The lowest BCUT2D eigenvalue weighted by Gasteiger charge is -2.09. The van der Waals surface area contributed by atoms with E-state index in [0.717, 1.165) is 13.0 Å². The van der Waals surface area contributed by atoms with E-state index in [2.05, 4.69) is 34.1 Å². The predicted octanol–water partition coefficient (Wildman–Crippen LogP) is 2.83. The SMILES string of the molecule is NCCC1CCc2ccc(Br)cc21. The molecule has 0 aliphatic heterocycles. The van der Waals surface area contributed by atoms with E-state index >= 15 is 0 Å². The first kappa shape index (κ1) is 9.22. The van der Waals surface area contributed by atoms with Gasteiger partial charge >= 0.3 is 0 Å². The summed E-state index contributed by atoms with van der Waals surface area (Å²) in [6.07, 6.45) is 3.64. The summed E-state index contributed by atoms with van der Waals surface area (Å²) in [5.74, 6) is 0.706. The van der Waals surface area contributed by atoms with Crippen LogP contribution in [0.3, 0.4) is 0 Å². The minimum absolute atomic E-state index is 0.706. The van der Waals surface area contributed by atoms with Gasteiger partial charge in [0.1, 0.15) is 0 Å². The second-order valence-electron chi connectivity index (χ2n) is 3.66. The lowest BCUT2D eigenvalue weighted by Crippen LogP contribution is -2.04. The zero-order valence-electron chi connectivity index (χ0n) is 7.59. The molecule has 13 heavy (non-hydrogen) atoms. The Morgan fingerprint density at radius 2 is 2.31 bits per heavy atom. The van der Waals surface area contributed by atoms with Gasteiger partial charge in [0, 0.05) is 4.47 Å². The predicted molar refractivity (Wildman–Crippen MR) is 58.9 cm³/mol. The number of nitrogens with two attached hydrogens (primary N) is 1. The van der Waals surface area contributed by atoms with Crippen LogP contribution >= 0.6 is 15.9 Å². The zero-order valence-corrected chi connectivity index (χ0v) is 9.18. The van der Waals surface area contributed by atoms with Crippen molar-refractivity contribution >= 4 is 15.9 Å². The fourth-order valence-corrected chi connectivity index (χ4v) is 2.54. The molecular weight excluding hydrogens is 226 g/mol. The standard InChI is InChI=1S/C11H14BrN/c12-10-4-3-8-1-2-9(5-6-13)11(8)7-10/h3-4,7,9H,1-2,5-6,13H2. The van der Waals surface area contributed by atoms with Crippen LogP contribution in [0.1, 0.15) is 29.9 Å². The summed E-state index contributed by atoms with van der Waals surface area (Å²) in [5.41, 5.74) is 8.62. The Morgan fingerprint density at radius 1 is 1.46 bits per heavy atom. The molecule has 0 heterocycles. The summed E-state index contributed by atoms with van der Waals surface area (Å²) in [7, 11) is 0. The number of rotatable bonds is 2. The van der Waals surface area contributed by atoms with E-state index in [4.69, 9.17) is 5.73 Å². The van der Waals surface area contributed by atoms with E-state index in [1.54, 1.807) is 0 Å². The number of aryl methyl sites for hydroxylation is 1. The molecule has 70 valence electrons. The lowest BCUT2D eigenvalue weighted by molar-refractivity contribution is 0.627. The molecule has 2 rings (SSSR count). The van der Waals surface area contributed by atoms with Gasteiger partial charge in [-0.1, -0.05) is 22.0 Å². The maximum Gasteiger partial charge on any atom is 0.0178 e. The summed E-state index contributed by atoms with van der Waals surface area (Å²) in [5, 5.41) is 0. The maximum absolute atomic E-state index is 5.59. The van der Waals surface area contributed by atoms with Gasteiger partial charge in [0.05, 0.1) is 0 Å². The van der Waals surface area contributed by atoms with Crippen molar-refractivity contribution in [2.24, 2.45) is 5.73 Å². The molecule has 0 spiro atoms. The van der Waals surface area contributed by atoms with Gasteiger partial charge in [-0.2, -0.15) is 0 Å². The van der Waals surface area contributed by atoms with E-state index in [-0.39, 0.29) is 0 Å². The molecule has 1 unspecified atom stereocenters. The van der Waals surface area contributed by atoms with Crippen LogP contribution in [0.2, 0.25) is 0 Å². The van der Waals surface area contributed by atoms with Crippen molar-refractivity contribution in [1.82, 2.24) is 0 Å². The minimum atomic E-state index is 0.706. The fourth-order valence-electron chi connectivity index (χ4n) is 2.16. The van der Waals surface area contributed by atoms with Crippen LogP contribution in [0.15, 0.2) is 22.7 Å². The summed E-state index contributed by atoms with van der Waals surface area (Å²) >= 11 is 3.51. The van der Waals surface area contributed by atoms with Gasteiger partial charge in [0.15, 0.2) is 0 Å². The molecule has 0 saturated carbocycles. The fraction of sp³-hybridized carbons (Fsp3) is 0.455. The topological polar surface area (TPSA) is 26.0 Å². The molecule has 1 aliphatic rings. The molecule has 2 heteroatoms. The highest BCUT2D eigenvalue weighted by Gasteiger charge is 2.21. The van der Waals surface area contributed by atoms with Crippen molar-refractivity contribution in [1.29, 1.82) is 0 Å². The molecule has 0 saturated heterocycles. The summed E-state index contributed by atoms with van der Waals surface area (Å²) < 4.78 is 1.19. The van der Waals surface area contributed by atoms with Crippen molar-refractivity contribution < 1.29 is 0 Å². The van der Waals surface area contributed by atoms with Crippen LogP contribution < -0.4 is 5.73 Å². The molecular formula is C11H14BrN. The molecule has 1 aromatic rings. The van der Waals surface area contributed by atoms with Crippen LogP contribution in [0.25, 0.3) is 0 Å². The first-order chi connectivity index (χ1) is 6.31. The van der Waals surface area contributed by atoms with Gasteiger partial charge in [-0.15, -0.1) is 0 Å². The summed E-state index contributed by atoms with van der Waals surface area (Å²) in [6, 6.07) is 6.61. The minimum Gasteiger partial charge on any atom is -0.330 e. The second kappa shape index (κ2) is 3.81. The van der Waals surface area contributed by atoms with Gasteiger partial charge in [-0.3, -0.25) is 0 Å². The van der Waals surface area contributed by atoms with E-state index in [1.807, 2.05) is 0 Å². The van der Waals surface area contributed by atoms with Gasteiger partial charge in [-0.05, 0) is 55.0 Å². The second-order valence-corrected chi connectivity index (χ2v) is 4.57. The Labute approximate surface area is 87.5 Å². The van der Waals surface area contributed by atoms with E-state index in [9.17, 15) is 0 Å². The highest BCUT2D eigenvalue weighted by Crippen LogP contribution is 2.36. The number of halogens is 1.